The predicted octanol–water partition coefficient (Wildman–Crippen LogP) is 2.56. The van der Waals surface area contributed by atoms with Crippen molar-refractivity contribution in [3.05, 3.63) is 35.9 Å². The van der Waals surface area contributed by atoms with Gasteiger partial charge >= 0.3 is 0 Å². The fourth-order valence-corrected chi connectivity index (χ4v) is 3.81. The molecule has 6 heteroatoms. The first-order chi connectivity index (χ1) is 14.0. The van der Waals surface area contributed by atoms with Crippen LogP contribution < -0.4 is 10.6 Å². The second-order valence-electron chi connectivity index (χ2n) is 8.23. The van der Waals surface area contributed by atoms with Crippen LogP contribution in [0.3, 0.4) is 0 Å². The average molecular weight is 404 g/mol. The van der Waals surface area contributed by atoms with Crippen molar-refractivity contribution >= 4 is 5.96 Å². The average Bonchev–Trinajstić information content (AvgIpc) is 3.03. The molecular weight excluding hydrogens is 362 g/mol. The predicted molar refractivity (Wildman–Crippen MR) is 122 cm³/mol. The van der Waals surface area contributed by atoms with E-state index >= 15 is 0 Å². The summed E-state index contributed by atoms with van der Waals surface area (Å²) >= 11 is 0. The number of rotatable bonds is 11. The number of benzene rings is 1. The fraction of sp³-hybridized carbons (Fsp3) is 0.696. The van der Waals surface area contributed by atoms with Crippen LogP contribution in [-0.2, 0) is 11.3 Å². The lowest BCUT2D eigenvalue weighted by Crippen LogP contribution is -2.45. The van der Waals surface area contributed by atoms with Crippen LogP contribution in [0.4, 0.5) is 0 Å². The molecule has 0 amide bonds. The third-order valence-electron chi connectivity index (χ3n) is 5.37. The highest BCUT2D eigenvalue weighted by Crippen LogP contribution is 2.20. The molecule has 0 saturated carbocycles. The molecule has 1 aromatic rings. The van der Waals surface area contributed by atoms with Gasteiger partial charge in [0.2, 0.25) is 0 Å². The van der Waals surface area contributed by atoms with Crippen LogP contribution in [0.5, 0.6) is 0 Å². The third-order valence-corrected chi connectivity index (χ3v) is 5.37. The van der Waals surface area contributed by atoms with Gasteiger partial charge in [-0.1, -0.05) is 30.3 Å². The standard InChI is InChI=1S/C23H41N5O/c1-6-24-23(25-16-22(29-7-2)13-14-27(4)5)26-21-15-19(3)28(18-21)17-20-11-9-8-10-12-20/h8-12,19,21-22H,6-7,13-18H2,1-5H3,(H2,24,25,26). The molecule has 0 spiro atoms. The van der Waals surface area contributed by atoms with E-state index in [0.717, 1.165) is 51.6 Å². The van der Waals surface area contributed by atoms with Gasteiger partial charge in [-0.2, -0.15) is 0 Å². The third kappa shape index (κ3) is 8.72. The van der Waals surface area contributed by atoms with Gasteiger partial charge in [0.15, 0.2) is 5.96 Å². The molecule has 1 aromatic carbocycles. The summed E-state index contributed by atoms with van der Waals surface area (Å²) in [4.78, 5) is 9.59. The van der Waals surface area contributed by atoms with E-state index in [1.54, 1.807) is 0 Å². The van der Waals surface area contributed by atoms with Crippen LogP contribution in [0.25, 0.3) is 0 Å². The quantitative estimate of drug-likeness (QED) is 0.439. The van der Waals surface area contributed by atoms with Gasteiger partial charge in [0, 0.05) is 44.9 Å². The van der Waals surface area contributed by atoms with Gasteiger partial charge in [0.25, 0.3) is 0 Å². The van der Waals surface area contributed by atoms with Gasteiger partial charge in [0.1, 0.15) is 0 Å². The molecule has 1 fully saturated rings. The summed E-state index contributed by atoms with van der Waals surface area (Å²) in [6.07, 6.45) is 2.29. The monoisotopic (exact) mass is 403 g/mol. The lowest BCUT2D eigenvalue weighted by atomic mass is 10.2. The van der Waals surface area contributed by atoms with Crippen LogP contribution in [-0.4, -0.2) is 80.8 Å². The Morgan fingerprint density at radius 1 is 1.28 bits per heavy atom. The lowest BCUT2D eigenvalue weighted by Gasteiger charge is -2.21. The Balaban J connectivity index is 1.90. The molecule has 164 valence electrons. The van der Waals surface area contributed by atoms with Gasteiger partial charge in [-0.3, -0.25) is 9.89 Å². The van der Waals surface area contributed by atoms with Crippen LogP contribution in [0.1, 0.15) is 39.2 Å². The second-order valence-corrected chi connectivity index (χ2v) is 8.23. The zero-order valence-electron chi connectivity index (χ0n) is 19.0. The summed E-state index contributed by atoms with van der Waals surface area (Å²) in [7, 11) is 4.20. The first-order valence-corrected chi connectivity index (χ1v) is 11.1. The normalized spacial score (nSPS) is 21.5. The van der Waals surface area contributed by atoms with Gasteiger partial charge in [-0.25, -0.2) is 0 Å². The molecular formula is C23H41N5O. The molecule has 1 heterocycles. The van der Waals surface area contributed by atoms with Crippen molar-refractivity contribution in [2.45, 2.75) is 58.3 Å². The Morgan fingerprint density at radius 2 is 2.03 bits per heavy atom. The smallest absolute Gasteiger partial charge is 0.191 e. The van der Waals surface area contributed by atoms with Gasteiger partial charge in [-0.05, 0) is 53.3 Å². The van der Waals surface area contributed by atoms with E-state index < -0.39 is 0 Å². The minimum absolute atomic E-state index is 0.162. The fourth-order valence-electron chi connectivity index (χ4n) is 3.81. The summed E-state index contributed by atoms with van der Waals surface area (Å²) in [5.74, 6) is 0.904. The molecule has 3 unspecified atom stereocenters. The zero-order valence-corrected chi connectivity index (χ0v) is 19.0. The molecule has 29 heavy (non-hydrogen) atoms. The Hall–Kier alpha value is -1.63. The van der Waals surface area contributed by atoms with Crippen molar-refractivity contribution in [2.75, 3.05) is 46.9 Å². The van der Waals surface area contributed by atoms with Gasteiger partial charge in [-0.15, -0.1) is 0 Å². The second kappa shape index (κ2) is 12.8. The number of hydrogen-bond acceptors (Lipinski definition) is 4. The van der Waals surface area contributed by atoms with Gasteiger partial charge < -0.3 is 20.3 Å². The van der Waals surface area contributed by atoms with E-state index in [1.807, 2.05) is 0 Å². The maximum Gasteiger partial charge on any atom is 0.191 e. The van der Waals surface area contributed by atoms with Crippen molar-refractivity contribution in [1.82, 2.24) is 20.4 Å². The van der Waals surface area contributed by atoms with E-state index in [1.165, 1.54) is 5.56 Å². The van der Waals surface area contributed by atoms with E-state index in [-0.39, 0.29) is 6.10 Å². The minimum Gasteiger partial charge on any atom is -0.377 e. The molecule has 0 radical (unpaired) electrons. The SMILES string of the molecule is CCNC(=NCC(CCN(C)C)OCC)NC1CC(C)N(Cc2ccccc2)C1. The van der Waals surface area contributed by atoms with E-state index in [0.29, 0.717) is 18.6 Å². The first kappa shape index (κ1) is 23.6. The highest BCUT2D eigenvalue weighted by Gasteiger charge is 2.29. The minimum atomic E-state index is 0.162. The molecule has 0 aliphatic carbocycles. The molecule has 0 bridgehead atoms. The van der Waals surface area contributed by atoms with Crippen LogP contribution in [0, 0.1) is 0 Å². The van der Waals surface area contributed by atoms with Crippen LogP contribution in [0.15, 0.2) is 35.3 Å². The van der Waals surface area contributed by atoms with Crippen molar-refractivity contribution in [2.24, 2.45) is 4.99 Å². The highest BCUT2D eigenvalue weighted by atomic mass is 16.5. The van der Waals surface area contributed by atoms with E-state index in [2.05, 4.69) is 85.6 Å². The zero-order chi connectivity index (χ0) is 21.1. The molecule has 2 N–H and O–H groups in total. The Bertz CT molecular complexity index is 592. The number of ether oxygens (including phenoxy) is 1. The molecule has 0 aromatic heterocycles. The van der Waals surface area contributed by atoms with Crippen molar-refractivity contribution in [3.8, 4) is 0 Å². The Morgan fingerprint density at radius 3 is 2.69 bits per heavy atom. The lowest BCUT2D eigenvalue weighted by molar-refractivity contribution is 0.0582. The molecule has 2 rings (SSSR count). The topological polar surface area (TPSA) is 52.1 Å². The Kier molecular flexibility index (Phi) is 10.5. The number of hydrogen-bond donors (Lipinski definition) is 2. The molecule has 1 saturated heterocycles. The summed E-state index contributed by atoms with van der Waals surface area (Å²) < 4.78 is 5.89. The van der Waals surface area contributed by atoms with Crippen molar-refractivity contribution in [1.29, 1.82) is 0 Å². The molecule has 1 aliphatic heterocycles. The molecule has 3 atom stereocenters. The summed E-state index contributed by atoms with van der Waals surface area (Å²) in [6.45, 7) is 11.8. The summed E-state index contributed by atoms with van der Waals surface area (Å²) in [5.41, 5.74) is 1.38. The number of aliphatic imine (C=N–C) groups is 1. The summed E-state index contributed by atoms with van der Waals surface area (Å²) in [5, 5.41) is 7.06. The molecule has 6 nitrogen and oxygen atoms in total. The largest absolute Gasteiger partial charge is 0.377 e. The number of nitrogens with one attached hydrogen (secondary N) is 2. The Labute approximate surface area is 177 Å². The number of nitrogens with zero attached hydrogens (tertiary/aromatic N) is 3. The van der Waals surface area contributed by atoms with Gasteiger partial charge in [0.05, 0.1) is 12.6 Å². The first-order valence-electron chi connectivity index (χ1n) is 11.1. The van der Waals surface area contributed by atoms with E-state index in [9.17, 15) is 0 Å². The van der Waals surface area contributed by atoms with Crippen LogP contribution >= 0.6 is 0 Å². The van der Waals surface area contributed by atoms with E-state index in [4.69, 9.17) is 9.73 Å². The maximum atomic E-state index is 5.89. The summed E-state index contributed by atoms with van der Waals surface area (Å²) in [6, 6.07) is 11.7. The number of guanidine groups is 1. The highest BCUT2D eigenvalue weighted by molar-refractivity contribution is 5.80. The maximum absolute atomic E-state index is 5.89. The van der Waals surface area contributed by atoms with Crippen LogP contribution in [0.2, 0.25) is 0 Å². The number of likely N-dealkylation sites (tertiary alicyclic amines) is 1. The van der Waals surface area contributed by atoms with Crippen molar-refractivity contribution < 1.29 is 4.74 Å². The van der Waals surface area contributed by atoms with Crippen molar-refractivity contribution in [3.63, 3.8) is 0 Å². The molecule has 1 aliphatic rings.